The minimum atomic E-state index is -0.523. The molecule has 2 aromatic rings. The molecular weight excluding hydrogens is 378 g/mol. The SMILES string of the molecule is COc1ccccc1C(=O)NCC1(c2ccccc2)CCC2(CC1)COC(C)(C)O2. The zero-order valence-corrected chi connectivity index (χ0v) is 18.1. The first-order valence-corrected chi connectivity index (χ1v) is 10.7. The van der Waals surface area contributed by atoms with Crippen molar-refractivity contribution in [1.82, 2.24) is 5.32 Å². The highest BCUT2D eigenvalue weighted by atomic mass is 16.8. The van der Waals surface area contributed by atoms with E-state index >= 15 is 0 Å². The molecule has 1 aliphatic carbocycles. The maximum atomic E-state index is 12.9. The Labute approximate surface area is 178 Å². The van der Waals surface area contributed by atoms with E-state index in [1.807, 2.05) is 38.1 Å². The average molecular weight is 410 g/mol. The summed E-state index contributed by atoms with van der Waals surface area (Å²) in [5.74, 6) is -0.0418. The molecule has 0 unspecified atom stereocenters. The zero-order chi connectivity index (χ0) is 21.2. The van der Waals surface area contributed by atoms with Crippen molar-refractivity contribution in [3.05, 3.63) is 65.7 Å². The number of methoxy groups -OCH3 is 1. The lowest BCUT2D eigenvalue weighted by atomic mass is 9.65. The molecule has 30 heavy (non-hydrogen) atoms. The molecular formula is C25H31NO4. The molecule has 2 aromatic carbocycles. The van der Waals surface area contributed by atoms with Gasteiger partial charge in [0.05, 0.1) is 24.9 Å². The van der Waals surface area contributed by atoms with Crippen LogP contribution in [0.2, 0.25) is 0 Å². The number of benzene rings is 2. The van der Waals surface area contributed by atoms with Crippen molar-refractivity contribution in [3.8, 4) is 5.75 Å². The van der Waals surface area contributed by atoms with Crippen molar-refractivity contribution in [2.24, 2.45) is 0 Å². The van der Waals surface area contributed by atoms with E-state index in [1.165, 1.54) is 5.56 Å². The van der Waals surface area contributed by atoms with Crippen molar-refractivity contribution in [3.63, 3.8) is 0 Å². The second kappa shape index (κ2) is 8.05. The Morgan fingerprint density at radius 3 is 2.30 bits per heavy atom. The molecule has 0 aromatic heterocycles. The highest BCUT2D eigenvalue weighted by molar-refractivity contribution is 5.96. The van der Waals surface area contributed by atoms with Crippen LogP contribution in [0.3, 0.4) is 0 Å². The molecule has 2 aliphatic rings. The molecule has 160 valence electrons. The summed E-state index contributed by atoms with van der Waals surface area (Å²) < 4.78 is 17.5. The molecule has 0 bridgehead atoms. The third kappa shape index (κ3) is 4.09. The van der Waals surface area contributed by atoms with Gasteiger partial charge in [-0.05, 0) is 57.2 Å². The van der Waals surface area contributed by atoms with Crippen molar-refractivity contribution < 1.29 is 19.0 Å². The van der Waals surface area contributed by atoms with Gasteiger partial charge in [0, 0.05) is 12.0 Å². The second-order valence-electron chi connectivity index (χ2n) is 9.00. The third-order valence-corrected chi connectivity index (χ3v) is 6.59. The van der Waals surface area contributed by atoms with Crippen LogP contribution < -0.4 is 10.1 Å². The molecule has 1 saturated heterocycles. The molecule has 1 N–H and O–H groups in total. The summed E-state index contributed by atoms with van der Waals surface area (Å²) in [6, 6.07) is 17.8. The summed E-state index contributed by atoms with van der Waals surface area (Å²) in [6.07, 6.45) is 3.69. The van der Waals surface area contributed by atoms with Crippen molar-refractivity contribution >= 4 is 5.91 Å². The molecule has 1 amide bonds. The second-order valence-corrected chi connectivity index (χ2v) is 9.00. The number of rotatable bonds is 5. The van der Waals surface area contributed by atoms with Crippen molar-refractivity contribution in [1.29, 1.82) is 0 Å². The lowest BCUT2D eigenvalue weighted by Crippen LogP contribution is -2.49. The highest BCUT2D eigenvalue weighted by Crippen LogP contribution is 2.48. The van der Waals surface area contributed by atoms with Gasteiger partial charge >= 0.3 is 0 Å². The third-order valence-electron chi connectivity index (χ3n) is 6.59. The Morgan fingerprint density at radius 2 is 1.67 bits per heavy atom. The van der Waals surface area contributed by atoms with Gasteiger partial charge in [-0.2, -0.15) is 0 Å². The maximum Gasteiger partial charge on any atom is 0.255 e. The molecule has 2 fully saturated rings. The molecule has 4 rings (SSSR count). The van der Waals surface area contributed by atoms with Gasteiger partial charge in [-0.25, -0.2) is 0 Å². The van der Waals surface area contributed by atoms with Crippen LogP contribution in [0.1, 0.15) is 55.5 Å². The van der Waals surface area contributed by atoms with Crippen LogP contribution in [0.5, 0.6) is 5.75 Å². The molecule has 0 radical (unpaired) electrons. The normalized spacial score (nSPS) is 27.7. The van der Waals surface area contributed by atoms with Gasteiger partial charge in [0.25, 0.3) is 5.91 Å². The van der Waals surface area contributed by atoms with Crippen LogP contribution in [-0.4, -0.2) is 37.6 Å². The molecule has 0 atom stereocenters. The van der Waals surface area contributed by atoms with E-state index in [-0.39, 0.29) is 16.9 Å². The Hall–Kier alpha value is -2.37. The largest absolute Gasteiger partial charge is 0.496 e. The number of carbonyl (C=O) groups is 1. The molecule has 1 heterocycles. The summed E-state index contributed by atoms with van der Waals surface area (Å²) >= 11 is 0. The first-order chi connectivity index (χ1) is 14.4. The number of hydrogen-bond acceptors (Lipinski definition) is 4. The van der Waals surface area contributed by atoms with Gasteiger partial charge in [-0.3, -0.25) is 4.79 Å². The first-order valence-electron chi connectivity index (χ1n) is 10.7. The molecule has 5 heteroatoms. The summed E-state index contributed by atoms with van der Waals surface area (Å²) in [5.41, 5.74) is 1.48. The number of amides is 1. The Morgan fingerprint density at radius 1 is 1.00 bits per heavy atom. The van der Waals surface area contributed by atoms with Gasteiger partial charge in [0.1, 0.15) is 5.75 Å². The van der Waals surface area contributed by atoms with Gasteiger partial charge in [0.2, 0.25) is 0 Å². The number of ether oxygens (including phenoxy) is 3. The van der Waals surface area contributed by atoms with Crippen LogP contribution in [0.15, 0.2) is 54.6 Å². The first kappa shape index (κ1) is 20.9. The highest BCUT2D eigenvalue weighted by Gasteiger charge is 2.51. The van der Waals surface area contributed by atoms with Gasteiger partial charge in [-0.15, -0.1) is 0 Å². The number of hydrogen-bond donors (Lipinski definition) is 1. The van der Waals surface area contributed by atoms with E-state index < -0.39 is 5.79 Å². The topological polar surface area (TPSA) is 56.8 Å². The number of para-hydroxylation sites is 1. The fourth-order valence-corrected chi connectivity index (χ4v) is 4.85. The summed E-state index contributed by atoms with van der Waals surface area (Å²) in [5, 5.41) is 3.19. The Bertz CT molecular complexity index is 885. The van der Waals surface area contributed by atoms with Crippen LogP contribution in [0.4, 0.5) is 0 Å². The van der Waals surface area contributed by atoms with E-state index in [0.717, 1.165) is 25.7 Å². The van der Waals surface area contributed by atoms with Crippen LogP contribution in [-0.2, 0) is 14.9 Å². The molecule has 5 nitrogen and oxygen atoms in total. The van der Waals surface area contributed by atoms with E-state index in [0.29, 0.717) is 24.5 Å². The number of nitrogens with one attached hydrogen (secondary N) is 1. The van der Waals surface area contributed by atoms with Crippen molar-refractivity contribution in [2.45, 2.75) is 56.3 Å². The van der Waals surface area contributed by atoms with Crippen LogP contribution in [0.25, 0.3) is 0 Å². The quantitative estimate of drug-likeness (QED) is 0.792. The Balaban J connectivity index is 1.53. The summed E-state index contributed by atoms with van der Waals surface area (Å²) in [6.45, 7) is 5.18. The fraction of sp³-hybridized carbons (Fsp3) is 0.480. The minimum Gasteiger partial charge on any atom is -0.496 e. The average Bonchev–Trinajstić information content (AvgIpc) is 3.08. The smallest absolute Gasteiger partial charge is 0.255 e. The Kier molecular flexibility index (Phi) is 5.60. The minimum absolute atomic E-state index is 0.107. The monoisotopic (exact) mass is 409 g/mol. The number of carbonyl (C=O) groups excluding carboxylic acids is 1. The van der Waals surface area contributed by atoms with Gasteiger partial charge in [0.15, 0.2) is 5.79 Å². The van der Waals surface area contributed by atoms with Crippen molar-refractivity contribution in [2.75, 3.05) is 20.3 Å². The predicted octanol–water partition coefficient (Wildman–Crippen LogP) is 4.46. The standard InChI is InChI=1S/C25H31NO4/c1-23(2)29-18-25(30-23)15-13-24(14-16-25,19-9-5-4-6-10-19)17-26-22(27)20-11-7-8-12-21(20)28-3/h4-12H,13-18H2,1-3H3,(H,26,27). The van der Waals surface area contributed by atoms with E-state index in [2.05, 4.69) is 29.6 Å². The van der Waals surface area contributed by atoms with E-state index in [1.54, 1.807) is 13.2 Å². The molecule has 1 aliphatic heterocycles. The lowest BCUT2D eigenvalue weighted by molar-refractivity contribution is -0.169. The van der Waals surface area contributed by atoms with E-state index in [9.17, 15) is 4.79 Å². The van der Waals surface area contributed by atoms with Crippen LogP contribution in [0, 0.1) is 0 Å². The van der Waals surface area contributed by atoms with Gasteiger partial charge < -0.3 is 19.5 Å². The summed E-state index contributed by atoms with van der Waals surface area (Å²) in [7, 11) is 1.59. The van der Waals surface area contributed by atoms with Gasteiger partial charge in [-0.1, -0.05) is 42.5 Å². The molecule has 1 spiro atoms. The fourth-order valence-electron chi connectivity index (χ4n) is 4.85. The summed E-state index contributed by atoms with van der Waals surface area (Å²) in [4.78, 5) is 12.9. The zero-order valence-electron chi connectivity index (χ0n) is 18.1. The maximum absolute atomic E-state index is 12.9. The predicted molar refractivity (Wildman–Crippen MR) is 116 cm³/mol. The molecule has 1 saturated carbocycles. The van der Waals surface area contributed by atoms with Crippen LogP contribution >= 0.6 is 0 Å². The lowest BCUT2D eigenvalue weighted by Gasteiger charge is -2.44. The van der Waals surface area contributed by atoms with E-state index in [4.69, 9.17) is 14.2 Å².